The predicted molar refractivity (Wildman–Crippen MR) is 85.6 cm³/mol. The van der Waals surface area contributed by atoms with E-state index in [-0.39, 0.29) is 16.9 Å². The smallest absolute Gasteiger partial charge is 0.262 e. The molecule has 2 amide bonds. The van der Waals surface area contributed by atoms with Crippen molar-refractivity contribution in [2.24, 2.45) is 0 Å². The molecule has 3 heterocycles. The summed E-state index contributed by atoms with van der Waals surface area (Å²) in [5.41, 5.74) is 6.69. The summed E-state index contributed by atoms with van der Waals surface area (Å²) in [7, 11) is 0. The molecule has 4 rings (SSSR count). The first-order chi connectivity index (χ1) is 11.0. The summed E-state index contributed by atoms with van der Waals surface area (Å²) >= 11 is 3.33. The summed E-state index contributed by atoms with van der Waals surface area (Å²) in [6, 6.07) is 6.20. The molecule has 0 spiro atoms. The Morgan fingerprint density at radius 2 is 1.91 bits per heavy atom. The molecule has 0 saturated carbocycles. The summed E-state index contributed by atoms with van der Waals surface area (Å²) in [4.78, 5) is 35.9. The van der Waals surface area contributed by atoms with E-state index >= 15 is 0 Å². The van der Waals surface area contributed by atoms with E-state index in [0.29, 0.717) is 15.8 Å². The molecular formula is C14H8BrN5O3. The first-order valence-electron chi connectivity index (χ1n) is 6.52. The van der Waals surface area contributed by atoms with Crippen LogP contribution in [0.5, 0.6) is 0 Å². The number of H-pyrrole nitrogens is 1. The Balaban J connectivity index is 2.04. The van der Waals surface area contributed by atoms with Crippen LogP contribution in [0.1, 0.15) is 20.7 Å². The van der Waals surface area contributed by atoms with E-state index < -0.39 is 17.4 Å². The monoisotopic (exact) mass is 373 g/mol. The van der Waals surface area contributed by atoms with Gasteiger partial charge in [0.25, 0.3) is 17.4 Å². The number of halogens is 1. The molecule has 23 heavy (non-hydrogen) atoms. The lowest BCUT2D eigenvalue weighted by atomic mass is 10.1. The average molecular weight is 374 g/mol. The highest BCUT2D eigenvalue weighted by molar-refractivity contribution is 9.10. The van der Waals surface area contributed by atoms with Crippen molar-refractivity contribution in [1.82, 2.24) is 20.1 Å². The van der Waals surface area contributed by atoms with Gasteiger partial charge in [0.2, 0.25) is 0 Å². The predicted octanol–water partition coefficient (Wildman–Crippen LogP) is 0.942. The SMILES string of the molecule is Nc1c2c(cc(=O)n1-c1ccc3n[nH]c(Br)c3c1)C(=O)NC2=O. The second kappa shape index (κ2) is 4.53. The van der Waals surface area contributed by atoms with Crippen molar-refractivity contribution in [1.29, 1.82) is 0 Å². The fraction of sp³-hybridized carbons (Fsp3) is 0. The van der Waals surface area contributed by atoms with E-state index in [0.717, 1.165) is 11.5 Å². The van der Waals surface area contributed by atoms with E-state index in [9.17, 15) is 14.4 Å². The van der Waals surface area contributed by atoms with Crippen molar-refractivity contribution >= 4 is 44.5 Å². The van der Waals surface area contributed by atoms with Crippen molar-refractivity contribution in [2.45, 2.75) is 0 Å². The van der Waals surface area contributed by atoms with Crippen LogP contribution in [0.3, 0.4) is 0 Å². The normalized spacial score (nSPS) is 13.4. The van der Waals surface area contributed by atoms with Gasteiger partial charge < -0.3 is 5.73 Å². The summed E-state index contributed by atoms with van der Waals surface area (Å²) in [6.45, 7) is 0. The molecule has 4 N–H and O–H groups in total. The van der Waals surface area contributed by atoms with E-state index in [2.05, 4.69) is 31.4 Å². The number of benzene rings is 1. The van der Waals surface area contributed by atoms with Gasteiger partial charge in [0.1, 0.15) is 10.4 Å². The molecule has 0 bridgehead atoms. The molecular weight excluding hydrogens is 366 g/mol. The molecule has 0 unspecified atom stereocenters. The van der Waals surface area contributed by atoms with Gasteiger partial charge in [-0.25, -0.2) is 0 Å². The molecule has 0 aliphatic carbocycles. The van der Waals surface area contributed by atoms with Crippen molar-refractivity contribution in [2.75, 3.05) is 5.73 Å². The average Bonchev–Trinajstić information content (AvgIpc) is 3.00. The minimum absolute atomic E-state index is 0.000630. The molecule has 0 saturated heterocycles. The first-order valence-corrected chi connectivity index (χ1v) is 7.32. The molecule has 9 heteroatoms. The van der Waals surface area contributed by atoms with Gasteiger partial charge in [-0.1, -0.05) is 0 Å². The van der Waals surface area contributed by atoms with Gasteiger partial charge >= 0.3 is 0 Å². The van der Waals surface area contributed by atoms with E-state index in [4.69, 9.17) is 5.73 Å². The summed E-state index contributed by atoms with van der Waals surface area (Å²) in [6.07, 6.45) is 0. The standard InChI is InChI=1S/C14H8BrN5O3/c15-11-6-3-5(1-2-8(6)18-19-11)20-9(21)4-7-10(12(20)16)14(23)17-13(7)22/h1-4H,16H2,(H,18,19)(H,17,22,23). The topological polar surface area (TPSA) is 123 Å². The van der Waals surface area contributed by atoms with E-state index in [1.54, 1.807) is 18.2 Å². The lowest BCUT2D eigenvalue weighted by molar-refractivity contribution is 0.0880. The number of rotatable bonds is 1. The Morgan fingerprint density at radius 1 is 1.13 bits per heavy atom. The fourth-order valence-electron chi connectivity index (χ4n) is 2.65. The van der Waals surface area contributed by atoms with Crippen molar-refractivity contribution in [3.8, 4) is 5.69 Å². The number of nitrogens with two attached hydrogens (primary N) is 1. The third-order valence-electron chi connectivity index (χ3n) is 3.70. The Kier molecular flexibility index (Phi) is 2.70. The molecule has 8 nitrogen and oxygen atoms in total. The highest BCUT2D eigenvalue weighted by Crippen LogP contribution is 2.26. The molecule has 2 aromatic heterocycles. The van der Waals surface area contributed by atoms with E-state index in [1.165, 1.54) is 4.57 Å². The van der Waals surface area contributed by atoms with Crippen LogP contribution < -0.4 is 16.6 Å². The molecule has 0 radical (unpaired) electrons. The number of hydrogen-bond donors (Lipinski definition) is 3. The zero-order valence-corrected chi connectivity index (χ0v) is 13.0. The lowest BCUT2D eigenvalue weighted by Crippen LogP contribution is -2.24. The van der Waals surface area contributed by atoms with Crippen LogP contribution >= 0.6 is 15.9 Å². The molecule has 1 aromatic carbocycles. The number of carbonyl (C=O) groups is 2. The Hall–Kier alpha value is -2.94. The third-order valence-corrected chi connectivity index (χ3v) is 4.31. The van der Waals surface area contributed by atoms with Gasteiger partial charge in [-0.15, -0.1) is 0 Å². The summed E-state index contributed by atoms with van der Waals surface area (Å²) in [5, 5.41) is 9.75. The Labute approximate surface area is 136 Å². The van der Waals surface area contributed by atoms with Gasteiger partial charge in [-0.3, -0.25) is 29.4 Å². The Morgan fingerprint density at radius 3 is 2.70 bits per heavy atom. The first kappa shape index (κ1) is 13.7. The highest BCUT2D eigenvalue weighted by Gasteiger charge is 2.31. The largest absolute Gasteiger partial charge is 0.384 e. The summed E-state index contributed by atoms with van der Waals surface area (Å²) < 4.78 is 1.85. The fourth-order valence-corrected chi connectivity index (χ4v) is 3.06. The number of nitrogens with zero attached hydrogens (tertiary/aromatic N) is 2. The van der Waals surface area contributed by atoms with Gasteiger partial charge in [-0.05, 0) is 34.1 Å². The van der Waals surface area contributed by atoms with Crippen molar-refractivity contribution in [3.05, 3.63) is 50.3 Å². The number of carbonyl (C=O) groups excluding carboxylic acids is 2. The van der Waals surface area contributed by atoms with Crippen LogP contribution in [0.15, 0.2) is 33.7 Å². The number of hydrogen-bond acceptors (Lipinski definition) is 5. The number of nitrogens with one attached hydrogen (secondary N) is 2. The summed E-state index contributed by atoms with van der Waals surface area (Å²) in [5.74, 6) is -1.30. The minimum atomic E-state index is -0.617. The van der Waals surface area contributed by atoms with Crippen LogP contribution in [-0.4, -0.2) is 26.6 Å². The number of amides is 2. The Bertz CT molecular complexity index is 1080. The maximum atomic E-state index is 12.4. The van der Waals surface area contributed by atoms with Crippen LogP contribution in [-0.2, 0) is 0 Å². The number of aromatic amines is 1. The number of aromatic nitrogens is 3. The molecule has 0 fully saturated rings. The molecule has 0 atom stereocenters. The third kappa shape index (κ3) is 1.83. The van der Waals surface area contributed by atoms with Crippen LogP contribution in [0, 0.1) is 0 Å². The number of anilines is 1. The van der Waals surface area contributed by atoms with Crippen LogP contribution in [0.4, 0.5) is 5.82 Å². The zero-order chi connectivity index (χ0) is 16.3. The zero-order valence-electron chi connectivity index (χ0n) is 11.4. The van der Waals surface area contributed by atoms with Gasteiger partial charge in [0, 0.05) is 11.5 Å². The molecule has 3 aromatic rings. The van der Waals surface area contributed by atoms with Gasteiger partial charge in [0.05, 0.1) is 22.3 Å². The number of pyridine rings is 1. The maximum Gasteiger partial charge on any atom is 0.262 e. The molecule has 1 aliphatic rings. The van der Waals surface area contributed by atoms with Crippen molar-refractivity contribution < 1.29 is 9.59 Å². The number of fused-ring (bicyclic) bond motifs is 2. The van der Waals surface area contributed by atoms with E-state index in [1.807, 2.05) is 0 Å². The molecule has 1 aliphatic heterocycles. The maximum absolute atomic E-state index is 12.4. The molecule has 114 valence electrons. The van der Waals surface area contributed by atoms with Crippen LogP contribution in [0.2, 0.25) is 0 Å². The van der Waals surface area contributed by atoms with Gasteiger partial charge in [0.15, 0.2) is 0 Å². The van der Waals surface area contributed by atoms with Gasteiger partial charge in [-0.2, -0.15) is 5.10 Å². The number of nitrogen functional groups attached to an aromatic ring is 1. The second-order valence-electron chi connectivity index (χ2n) is 5.01. The minimum Gasteiger partial charge on any atom is -0.384 e. The lowest BCUT2D eigenvalue weighted by Gasteiger charge is -2.11. The number of imide groups is 1. The van der Waals surface area contributed by atoms with Crippen LogP contribution in [0.25, 0.3) is 16.6 Å². The second-order valence-corrected chi connectivity index (χ2v) is 5.81. The van der Waals surface area contributed by atoms with Crippen molar-refractivity contribution in [3.63, 3.8) is 0 Å². The quantitative estimate of drug-likeness (QED) is 0.547. The highest BCUT2D eigenvalue weighted by atomic mass is 79.9.